The van der Waals surface area contributed by atoms with E-state index >= 15 is 0 Å². The average molecular weight is 222 g/mol. The lowest BCUT2D eigenvalue weighted by Gasteiger charge is -2.22. The summed E-state index contributed by atoms with van der Waals surface area (Å²) in [6, 6.07) is 0. The van der Waals surface area contributed by atoms with Gasteiger partial charge in [-0.3, -0.25) is 0 Å². The minimum atomic E-state index is -0.0184. The van der Waals surface area contributed by atoms with E-state index in [0.717, 1.165) is 0 Å². The first-order valence-corrected chi connectivity index (χ1v) is 5.45. The molecule has 0 saturated carbocycles. The Morgan fingerprint density at radius 2 is 1.57 bits per heavy atom. The van der Waals surface area contributed by atoms with Gasteiger partial charge in [-0.25, -0.2) is 0 Å². The van der Waals surface area contributed by atoms with Crippen molar-refractivity contribution in [1.29, 1.82) is 0 Å². The van der Waals surface area contributed by atoms with Crippen molar-refractivity contribution in [3.05, 3.63) is 0 Å². The molecule has 4 atom stereocenters. The largest absolute Gasteiger partial charge is 0.383 e. The summed E-state index contributed by atoms with van der Waals surface area (Å²) in [5.74, 6) is 0. The second-order valence-corrected chi connectivity index (χ2v) is 4.48. The SMILES string of the molecule is COC[C@H]1SC(OC)[C@@H](OC)[C@H]1OC. The Morgan fingerprint density at radius 3 is 2.00 bits per heavy atom. The van der Waals surface area contributed by atoms with Crippen LogP contribution in [0.4, 0.5) is 0 Å². The fourth-order valence-corrected chi connectivity index (χ4v) is 3.22. The van der Waals surface area contributed by atoms with Gasteiger partial charge in [0.2, 0.25) is 0 Å². The van der Waals surface area contributed by atoms with E-state index in [1.165, 1.54) is 0 Å². The van der Waals surface area contributed by atoms with E-state index in [-0.39, 0.29) is 22.9 Å². The van der Waals surface area contributed by atoms with Crippen LogP contribution in [0.2, 0.25) is 0 Å². The molecule has 0 aromatic rings. The van der Waals surface area contributed by atoms with Crippen molar-refractivity contribution in [2.45, 2.75) is 22.9 Å². The van der Waals surface area contributed by atoms with E-state index in [4.69, 9.17) is 18.9 Å². The zero-order chi connectivity index (χ0) is 10.6. The molecule has 1 heterocycles. The van der Waals surface area contributed by atoms with Gasteiger partial charge in [-0.05, 0) is 0 Å². The monoisotopic (exact) mass is 222 g/mol. The molecule has 5 heteroatoms. The minimum Gasteiger partial charge on any atom is -0.383 e. The van der Waals surface area contributed by atoms with Crippen LogP contribution in [0.25, 0.3) is 0 Å². The maximum Gasteiger partial charge on any atom is 0.132 e. The zero-order valence-corrected chi connectivity index (χ0v) is 9.87. The van der Waals surface area contributed by atoms with E-state index in [1.54, 1.807) is 40.2 Å². The maximum absolute atomic E-state index is 5.41. The van der Waals surface area contributed by atoms with Crippen LogP contribution in [-0.4, -0.2) is 57.9 Å². The van der Waals surface area contributed by atoms with Crippen LogP contribution in [0.1, 0.15) is 0 Å². The lowest BCUT2D eigenvalue weighted by Crippen LogP contribution is -2.37. The Labute approximate surface area is 89.2 Å². The molecule has 0 aliphatic carbocycles. The first-order valence-electron chi connectivity index (χ1n) is 4.51. The number of hydrogen-bond acceptors (Lipinski definition) is 5. The minimum absolute atomic E-state index is 0.0184. The van der Waals surface area contributed by atoms with Gasteiger partial charge in [0.25, 0.3) is 0 Å². The van der Waals surface area contributed by atoms with Crippen LogP contribution in [0.15, 0.2) is 0 Å². The van der Waals surface area contributed by atoms with Gasteiger partial charge in [-0.15, -0.1) is 11.8 Å². The summed E-state index contributed by atoms with van der Waals surface area (Å²) in [6.45, 7) is 0.656. The van der Waals surface area contributed by atoms with Crippen molar-refractivity contribution < 1.29 is 18.9 Å². The molecule has 1 saturated heterocycles. The van der Waals surface area contributed by atoms with Crippen molar-refractivity contribution in [3.8, 4) is 0 Å². The molecule has 0 spiro atoms. The highest BCUT2D eigenvalue weighted by atomic mass is 32.2. The Bertz CT molecular complexity index is 167. The highest BCUT2D eigenvalue weighted by Crippen LogP contribution is 2.37. The van der Waals surface area contributed by atoms with Crippen molar-refractivity contribution in [2.75, 3.05) is 35.0 Å². The summed E-state index contributed by atoms with van der Waals surface area (Å²) in [6.07, 6.45) is 0.0186. The molecular weight excluding hydrogens is 204 g/mol. The van der Waals surface area contributed by atoms with E-state index in [1.807, 2.05) is 0 Å². The highest BCUT2D eigenvalue weighted by molar-refractivity contribution is 8.00. The molecular formula is C9H18O4S. The Kier molecular flexibility index (Phi) is 5.19. The third-order valence-corrected chi connectivity index (χ3v) is 3.86. The molecule has 84 valence electrons. The van der Waals surface area contributed by atoms with Gasteiger partial charge in [-0.1, -0.05) is 0 Å². The lowest BCUT2D eigenvalue weighted by molar-refractivity contribution is -0.0717. The number of hydrogen-bond donors (Lipinski definition) is 0. The molecule has 0 bridgehead atoms. The van der Waals surface area contributed by atoms with E-state index < -0.39 is 0 Å². The van der Waals surface area contributed by atoms with Crippen molar-refractivity contribution >= 4 is 11.8 Å². The Morgan fingerprint density at radius 1 is 0.929 bits per heavy atom. The van der Waals surface area contributed by atoms with Crippen LogP contribution in [-0.2, 0) is 18.9 Å². The quantitative estimate of drug-likeness (QED) is 0.686. The Hall–Kier alpha value is 0.190. The number of methoxy groups -OCH3 is 4. The van der Waals surface area contributed by atoms with E-state index in [2.05, 4.69) is 0 Å². The molecule has 0 aromatic carbocycles. The summed E-state index contributed by atoms with van der Waals surface area (Å²) in [5, 5.41) is 0.278. The molecule has 0 aromatic heterocycles. The van der Waals surface area contributed by atoms with Gasteiger partial charge in [-0.2, -0.15) is 0 Å². The van der Waals surface area contributed by atoms with Crippen molar-refractivity contribution in [1.82, 2.24) is 0 Å². The molecule has 1 aliphatic rings. The maximum atomic E-state index is 5.41. The van der Waals surface area contributed by atoms with Gasteiger partial charge < -0.3 is 18.9 Å². The first-order chi connectivity index (χ1) is 6.78. The molecule has 1 unspecified atom stereocenters. The van der Waals surface area contributed by atoms with Crippen LogP contribution in [0, 0.1) is 0 Å². The Balaban J connectivity index is 2.62. The molecule has 4 nitrogen and oxygen atoms in total. The van der Waals surface area contributed by atoms with Gasteiger partial charge in [0.15, 0.2) is 0 Å². The van der Waals surface area contributed by atoms with Crippen LogP contribution in [0.5, 0.6) is 0 Å². The molecule has 0 N–H and O–H groups in total. The van der Waals surface area contributed by atoms with Gasteiger partial charge >= 0.3 is 0 Å². The predicted octanol–water partition coefficient (Wildman–Crippen LogP) is 0.751. The summed E-state index contributed by atoms with van der Waals surface area (Å²) in [7, 11) is 6.75. The zero-order valence-electron chi connectivity index (χ0n) is 9.06. The topological polar surface area (TPSA) is 36.9 Å². The molecule has 0 amide bonds. The van der Waals surface area contributed by atoms with Crippen LogP contribution in [0.3, 0.4) is 0 Å². The van der Waals surface area contributed by atoms with Gasteiger partial charge in [0.05, 0.1) is 11.9 Å². The van der Waals surface area contributed by atoms with Crippen molar-refractivity contribution in [3.63, 3.8) is 0 Å². The summed E-state index contributed by atoms with van der Waals surface area (Å²) in [4.78, 5) is 0. The third kappa shape index (κ3) is 2.41. The standard InChI is InChI=1S/C9H18O4S/c1-10-5-6-7(11-2)8(12-3)9(13-4)14-6/h6-9H,5H2,1-4H3/t6-,7+,8+,9?/m1/s1. The summed E-state index contributed by atoms with van der Waals surface area (Å²) < 4.78 is 21.2. The number of thioether (sulfide) groups is 1. The average Bonchev–Trinajstić information content (AvgIpc) is 2.55. The van der Waals surface area contributed by atoms with Gasteiger partial charge in [0, 0.05) is 28.4 Å². The second-order valence-electron chi connectivity index (χ2n) is 3.13. The lowest BCUT2D eigenvalue weighted by atomic mass is 10.1. The van der Waals surface area contributed by atoms with Gasteiger partial charge in [0.1, 0.15) is 17.6 Å². The van der Waals surface area contributed by atoms with Crippen LogP contribution >= 0.6 is 11.8 Å². The molecule has 14 heavy (non-hydrogen) atoms. The fourth-order valence-electron chi connectivity index (χ4n) is 1.71. The van der Waals surface area contributed by atoms with Crippen molar-refractivity contribution in [2.24, 2.45) is 0 Å². The number of ether oxygens (including phenoxy) is 4. The highest BCUT2D eigenvalue weighted by Gasteiger charge is 2.45. The van der Waals surface area contributed by atoms with E-state index in [0.29, 0.717) is 6.61 Å². The summed E-state index contributed by atoms with van der Waals surface area (Å²) in [5.41, 5.74) is 0.0325. The number of rotatable bonds is 5. The molecule has 1 fully saturated rings. The predicted molar refractivity (Wildman–Crippen MR) is 55.6 cm³/mol. The third-order valence-electron chi connectivity index (χ3n) is 2.37. The normalized spacial score (nSPS) is 37.7. The first kappa shape index (κ1) is 12.3. The second kappa shape index (κ2) is 5.92. The molecule has 1 aliphatic heterocycles. The summed E-state index contributed by atoms with van der Waals surface area (Å²) >= 11 is 1.70. The van der Waals surface area contributed by atoms with E-state index in [9.17, 15) is 0 Å². The molecule has 0 radical (unpaired) electrons. The smallest absolute Gasteiger partial charge is 0.132 e. The van der Waals surface area contributed by atoms with Crippen LogP contribution < -0.4 is 0 Å². The fraction of sp³-hybridized carbons (Fsp3) is 1.00. The molecule has 1 rings (SSSR count).